The lowest BCUT2D eigenvalue weighted by atomic mass is 10.1. The van der Waals surface area contributed by atoms with Gasteiger partial charge in [0, 0.05) is 6.42 Å². The molecule has 142 valence electrons. The number of benzene rings is 3. The number of rotatable bonds is 8. The lowest BCUT2D eigenvalue weighted by molar-refractivity contribution is -0.140. The second kappa shape index (κ2) is 10.1. The topological polar surface area (TPSA) is 35.5 Å². The Labute approximate surface area is 166 Å². The molecule has 0 spiro atoms. The molecule has 0 heterocycles. The Morgan fingerprint density at radius 2 is 1.54 bits per heavy atom. The highest BCUT2D eigenvalue weighted by Crippen LogP contribution is 2.17. The van der Waals surface area contributed by atoms with Gasteiger partial charge >= 0.3 is 5.97 Å². The SMILES string of the molecule is COC(=O)CCc1ccc(OCc2cccc(C=Cc3ccccc3)c2)cc1. The number of aryl methyl sites for hydroxylation is 1. The van der Waals surface area contributed by atoms with Crippen molar-refractivity contribution in [1.29, 1.82) is 0 Å². The molecule has 0 atom stereocenters. The van der Waals surface area contributed by atoms with Crippen LogP contribution in [-0.2, 0) is 22.6 Å². The Morgan fingerprint density at radius 3 is 2.29 bits per heavy atom. The zero-order chi connectivity index (χ0) is 19.6. The third-order valence-corrected chi connectivity index (χ3v) is 4.39. The van der Waals surface area contributed by atoms with E-state index in [4.69, 9.17) is 4.74 Å². The average Bonchev–Trinajstić information content (AvgIpc) is 2.76. The van der Waals surface area contributed by atoms with Crippen molar-refractivity contribution in [3.05, 3.63) is 101 Å². The van der Waals surface area contributed by atoms with Crippen LogP contribution in [0.25, 0.3) is 12.2 Å². The summed E-state index contributed by atoms with van der Waals surface area (Å²) in [6, 6.07) is 26.4. The molecule has 0 aliphatic rings. The van der Waals surface area contributed by atoms with Crippen molar-refractivity contribution in [2.75, 3.05) is 7.11 Å². The molecular formula is C25H24O3. The maximum atomic E-state index is 11.2. The summed E-state index contributed by atoms with van der Waals surface area (Å²) >= 11 is 0. The molecule has 28 heavy (non-hydrogen) atoms. The summed E-state index contributed by atoms with van der Waals surface area (Å²) in [5.74, 6) is 0.619. The second-order valence-electron chi connectivity index (χ2n) is 6.50. The first-order valence-corrected chi connectivity index (χ1v) is 9.33. The van der Waals surface area contributed by atoms with Crippen molar-refractivity contribution in [3.8, 4) is 5.75 Å². The maximum absolute atomic E-state index is 11.2. The fraction of sp³-hybridized carbons (Fsp3) is 0.160. The predicted octanol–water partition coefficient (Wildman–Crippen LogP) is 5.54. The van der Waals surface area contributed by atoms with Crippen molar-refractivity contribution < 1.29 is 14.3 Å². The van der Waals surface area contributed by atoms with Gasteiger partial charge in [-0.2, -0.15) is 0 Å². The molecule has 0 aliphatic heterocycles. The predicted molar refractivity (Wildman–Crippen MR) is 113 cm³/mol. The highest BCUT2D eigenvalue weighted by Gasteiger charge is 2.02. The van der Waals surface area contributed by atoms with Crippen LogP contribution in [0, 0.1) is 0 Å². The van der Waals surface area contributed by atoms with Gasteiger partial charge in [-0.3, -0.25) is 4.79 Å². The van der Waals surface area contributed by atoms with Gasteiger partial charge in [0.15, 0.2) is 0 Å². The molecule has 3 rings (SSSR count). The number of methoxy groups -OCH3 is 1. The van der Waals surface area contributed by atoms with Crippen LogP contribution in [0.1, 0.15) is 28.7 Å². The monoisotopic (exact) mass is 372 g/mol. The van der Waals surface area contributed by atoms with E-state index in [0.29, 0.717) is 19.4 Å². The van der Waals surface area contributed by atoms with Gasteiger partial charge in [-0.15, -0.1) is 0 Å². The molecule has 3 heteroatoms. The molecule has 0 amide bonds. The van der Waals surface area contributed by atoms with Crippen molar-refractivity contribution in [2.45, 2.75) is 19.4 Å². The summed E-state index contributed by atoms with van der Waals surface area (Å²) in [6.07, 6.45) is 5.27. The van der Waals surface area contributed by atoms with E-state index in [9.17, 15) is 4.79 Å². The quantitative estimate of drug-likeness (QED) is 0.385. The van der Waals surface area contributed by atoms with Crippen LogP contribution >= 0.6 is 0 Å². The van der Waals surface area contributed by atoms with Crippen LogP contribution in [0.3, 0.4) is 0 Å². The molecule has 0 aliphatic carbocycles. The molecule has 0 saturated carbocycles. The van der Waals surface area contributed by atoms with Gasteiger partial charge in [0.25, 0.3) is 0 Å². The van der Waals surface area contributed by atoms with Gasteiger partial charge in [-0.25, -0.2) is 0 Å². The molecule has 0 aromatic heterocycles. The van der Waals surface area contributed by atoms with Gasteiger partial charge in [0.2, 0.25) is 0 Å². The second-order valence-corrected chi connectivity index (χ2v) is 6.50. The van der Waals surface area contributed by atoms with Gasteiger partial charge in [0.1, 0.15) is 12.4 Å². The highest BCUT2D eigenvalue weighted by atomic mass is 16.5. The summed E-state index contributed by atoms with van der Waals surface area (Å²) in [6.45, 7) is 0.508. The van der Waals surface area contributed by atoms with E-state index in [1.165, 1.54) is 12.7 Å². The van der Waals surface area contributed by atoms with Crippen LogP contribution in [0.2, 0.25) is 0 Å². The summed E-state index contributed by atoms with van der Waals surface area (Å²) in [4.78, 5) is 11.2. The van der Waals surface area contributed by atoms with Gasteiger partial charge in [-0.05, 0) is 46.9 Å². The van der Waals surface area contributed by atoms with Crippen molar-refractivity contribution in [3.63, 3.8) is 0 Å². The number of ether oxygens (including phenoxy) is 2. The van der Waals surface area contributed by atoms with Crippen molar-refractivity contribution in [1.82, 2.24) is 0 Å². The average molecular weight is 372 g/mol. The fourth-order valence-electron chi connectivity index (χ4n) is 2.81. The van der Waals surface area contributed by atoms with E-state index in [0.717, 1.165) is 22.4 Å². The summed E-state index contributed by atoms with van der Waals surface area (Å²) in [5.41, 5.74) is 4.52. The molecule has 0 bridgehead atoms. The van der Waals surface area contributed by atoms with Crippen LogP contribution < -0.4 is 4.74 Å². The van der Waals surface area contributed by atoms with Crippen LogP contribution in [0.5, 0.6) is 5.75 Å². The maximum Gasteiger partial charge on any atom is 0.305 e. The van der Waals surface area contributed by atoms with Crippen molar-refractivity contribution >= 4 is 18.1 Å². The molecule has 3 aromatic rings. The summed E-state index contributed by atoms with van der Waals surface area (Å²) < 4.78 is 10.6. The first-order chi connectivity index (χ1) is 13.7. The minimum atomic E-state index is -0.193. The lowest BCUT2D eigenvalue weighted by Crippen LogP contribution is -2.02. The Bertz CT molecular complexity index is 912. The third-order valence-electron chi connectivity index (χ3n) is 4.39. The Morgan fingerprint density at radius 1 is 0.821 bits per heavy atom. The van der Waals surface area contributed by atoms with Crippen LogP contribution in [0.15, 0.2) is 78.9 Å². The lowest BCUT2D eigenvalue weighted by Gasteiger charge is -2.08. The molecular weight excluding hydrogens is 348 g/mol. The number of carbonyl (C=O) groups is 1. The van der Waals surface area contributed by atoms with Crippen LogP contribution in [-0.4, -0.2) is 13.1 Å². The van der Waals surface area contributed by atoms with Gasteiger partial charge in [0.05, 0.1) is 7.11 Å². The van der Waals surface area contributed by atoms with Gasteiger partial charge in [-0.1, -0.05) is 72.8 Å². The van der Waals surface area contributed by atoms with Gasteiger partial charge < -0.3 is 9.47 Å². The van der Waals surface area contributed by atoms with E-state index >= 15 is 0 Å². The number of hydrogen-bond acceptors (Lipinski definition) is 3. The summed E-state index contributed by atoms with van der Waals surface area (Å²) in [5, 5.41) is 0. The third kappa shape index (κ3) is 6.13. The molecule has 0 N–H and O–H groups in total. The molecule has 0 unspecified atom stereocenters. The van der Waals surface area contributed by atoms with E-state index in [-0.39, 0.29) is 5.97 Å². The molecule has 3 nitrogen and oxygen atoms in total. The number of esters is 1. The number of hydrogen-bond donors (Lipinski definition) is 0. The minimum Gasteiger partial charge on any atom is -0.489 e. The summed E-state index contributed by atoms with van der Waals surface area (Å²) in [7, 11) is 1.41. The van der Waals surface area contributed by atoms with Crippen LogP contribution in [0.4, 0.5) is 0 Å². The normalized spacial score (nSPS) is 10.8. The van der Waals surface area contributed by atoms with E-state index in [1.807, 2.05) is 48.5 Å². The minimum absolute atomic E-state index is 0.193. The van der Waals surface area contributed by atoms with E-state index < -0.39 is 0 Å². The molecule has 0 saturated heterocycles. The Balaban J connectivity index is 1.54. The standard InChI is InChI=1S/C25H24O3/c1-27-25(26)17-14-21-12-15-24(16-13-21)28-19-23-9-5-8-22(18-23)11-10-20-6-3-2-4-7-20/h2-13,15-16,18H,14,17,19H2,1H3. The van der Waals surface area contributed by atoms with E-state index in [2.05, 4.69) is 47.2 Å². The first kappa shape index (κ1) is 19.4. The molecule has 3 aromatic carbocycles. The largest absolute Gasteiger partial charge is 0.489 e. The zero-order valence-electron chi connectivity index (χ0n) is 16.0. The molecule has 0 radical (unpaired) electrons. The Hall–Kier alpha value is -3.33. The highest BCUT2D eigenvalue weighted by molar-refractivity contribution is 5.70. The van der Waals surface area contributed by atoms with Crippen molar-refractivity contribution in [2.24, 2.45) is 0 Å². The fourth-order valence-corrected chi connectivity index (χ4v) is 2.81. The number of carbonyl (C=O) groups excluding carboxylic acids is 1. The Kier molecular flexibility index (Phi) is 7.02. The first-order valence-electron chi connectivity index (χ1n) is 9.33. The smallest absolute Gasteiger partial charge is 0.305 e. The van der Waals surface area contributed by atoms with E-state index in [1.54, 1.807) is 0 Å². The zero-order valence-corrected chi connectivity index (χ0v) is 16.0. The molecule has 0 fully saturated rings.